The third-order valence-electron chi connectivity index (χ3n) is 3.56. The first-order valence-electron chi connectivity index (χ1n) is 7.27. The molecule has 0 aromatic rings. The Morgan fingerprint density at radius 3 is 2.11 bits per heavy atom. The van der Waals surface area contributed by atoms with E-state index in [0.717, 1.165) is 12.8 Å². The van der Waals surface area contributed by atoms with Crippen LogP contribution in [-0.4, -0.2) is 15.5 Å². The van der Waals surface area contributed by atoms with Crippen LogP contribution in [0, 0.1) is 0 Å². The summed E-state index contributed by atoms with van der Waals surface area (Å²) in [6, 6.07) is 0. The van der Waals surface area contributed by atoms with Crippen molar-refractivity contribution in [3.8, 4) is 0 Å². The highest BCUT2D eigenvalue weighted by Crippen LogP contribution is 2.35. The van der Waals surface area contributed by atoms with E-state index >= 15 is 0 Å². The van der Waals surface area contributed by atoms with E-state index in [1.54, 1.807) is 6.92 Å². The van der Waals surface area contributed by atoms with Gasteiger partial charge in [0.25, 0.3) is 0 Å². The van der Waals surface area contributed by atoms with Gasteiger partial charge in [-0.1, -0.05) is 70.1 Å². The van der Waals surface area contributed by atoms with E-state index in [0.29, 0.717) is 11.3 Å². The number of hydrogen-bond donors (Lipinski definition) is 1. The quantitative estimate of drug-likeness (QED) is 0.600. The molecule has 0 radical (unpaired) electrons. The van der Waals surface area contributed by atoms with Crippen molar-refractivity contribution in [1.29, 1.82) is 0 Å². The van der Waals surface area contributed by atoms with E-state index < -0.39 is 0 Å². The standard InChI is InChI=1S/C15H26O2S/c1-3-4-5-6-7-8-9-10-11-13-14(16)12(2)15(17)18-13/h13,16H,3-11H2,1-2H3. The van der Waals surface area contributed by atoms with Gasteiger partial charge in [-0.05, 0) is 13.3 Å². The molecule has 104 valence electrons. The third-order valence-corrected chi connectivity index (χ3v) is 4.83. The molecular formula is C15H26O2S. The summed E-state index contributed by atoms with van der Waals surface area (Å²) in [5, 5.41) is 9.86. The summed E-state index contributed by atoms with van der Waals surface area (Å²) < 4.78 is 0. The van der Waals surface area contributed by atoms with Crippen LogP contribution in [0.3, 0.4) is 0 Å². The minimum atomic E-state index is 0.0394. The Labute approximate surface area is 115 Å². The fourth-order valence-corrected chi connectivity index (χ4v) is 3.39. The molecule has 0 aliphatic carbocycles. The van der Waals surface area contributed by atoms with Gasteiger partial charge in [0.2, 0.25) is 5.12 Å². The highest BCUT2D eigenvalue weighted by molar-refractivity contribution is 8.15. The van der Waals surface area contributed by atoms with E-state index in [1.165, 1.54) is 56.7 Å². The molecule has 0 bridgehead atoms. The van der Waals surface area contributed by atoms with Crippen LogP contribution in [0.2, 0.25) is 0 Å². The van der Waals surface area contributed by atoms with Crippen molar-refractivity contribution in [2.24, 2.45) is 0 Å². The van der Waals surface area contributed by atoms with Crippen molar-refractivity contribution in [1.82, 2.24) is 0 Å². The van der Waals surface area contributed by atoms with Crippen LogP contribution in [0.1, 0.15) is 71.6 Å². The predicted octanol–water partition coefficient (Wildman–Crippen LogP) is 4.99. The zero-order valence-electron chi connectivity index (χ0n) is 11.7. The van der Waals surface area contributed by atoms with Crippen molar-refractivity contribution in [2.75, 3.05) is 0 Å². The van der Waals surface area contributed by atoms with Gasteiger partial charge in [0.05, 0.1) is 5.25 Å². The van der Waals surface area contributed by atoms with Crippen LogP contribution in [0.4, 0.5) is 0 Å². The molecule has 1 rings (SSSR count). The minimum absolute atomic E-state index is 0.0394. The predicted molar refractivity (Wildman–Crippen MR) is 78.9 cm³/mol. The summed E-state index contributed by atoms with van der Waals surface area (Å²) in [4.78, 5) is 11.4. The topological polar surface area (TPSA) is 37.3 Å². The first-order valence-corrected chi connectivity index (χ1v) is 8.15. The molecule has 3 heteroatoms. The number of unbranched alkanes of at least 4 members (excludes halogenated alkanes) is 7. The Morgan fingerprint density at radius 2 is 1.61 bits per heavy atom. The number of rotatable bonds is 9. The first kappa shape index (κ1) is 15.6. The fraction of sp³-hybridized carbons (Fsp3) is 0.800. The van der Waals surface area contributed by atoms with Gasteiger partial charge in [-0.2, -0.15) is 0 Å². The molecule has 1 unspecified atom stereocenters. The number of aliphatic hydroxyl groups excluding tert-OH is 1. The Hall–Kier alpha value is -0.440. The molecule has 0 amide bonds. The van der Waals surface area contributed by atoms with Crippen molar-refractivity contribution in [2.45, 2.75) is 76.9 Å². The van der Waals surface area contributed by atoms with Crippen molar-refractivity contribution < 1.29 is 9.90 Å². The van der Waals surface area contributed by atoms with Crippen LogP contribution in [0.5, 0.6) is 0 Å². The maximum absolute atomic E-state index is 11.4. The van der Waals surface area contributed by atoms with Gasteiger partial charge < -0.3 is 5.11 Å². The molecular weight excluding hydrogens is 244 g/mol. The largest absolute Gasteiger partial charge is 0.511 e. The molecule has 0 aromatic carbocycles. The monoisotopic (exact) mass is 270 g/mol. The van der Waals surface area contributed by atoms with E-state index in [-0.39, 0.29) is 10.4 Å². The maximum atomic E-state index is 11.4. The molecule has 1 atom stereocenters. The maximum Gasteiger partial charge on any atom is 0.219 e. The highest BCUT2D eigenvalue weighted by Gasteiger charge is 2.29. The van der Waals surface area contributed by atoms with Gasteiger partial charge in [-0.15, -0.1) is 0 Å². The second kappa shape index (κ2) is 8.63. The highest BCUT2D eigenvalue weighted by atomic mass is 32.2. The number of aliphatic hydroxyl groups is 1. The van der Waals surface area contributed by atoms with Gasteiger partial charge in [0.1, 0.15) is 5.76 Å². The Kier molecular flexibility index (Phi) is 7.48. The molecule has 0 spiro atoms. The van der Waals surface area contributed by atoms with Gasteiger partial charge in [0.15, 0.2) is 0 Å². The summed E-state index contributed by atoms with van der Waals surface area (Å²) in [5.41, 5.74) is 0.560. The van der Waals surface area contributed by atoms with Crippen LogP contribution in [-0.2, 0) is 4.79 Å². The fourth-order valence-electron chi connectivity index (χ4n) is 2.28. The van der Waals surface area contributed by atoms with Crippen LogP contribution < -0.4 is 0 Å². The van der Waals surface area contributed by atoms with E-state index in [1.807, 2.05) is 0 Å². The van der Waals surface area contributed by atoms with Gasteiger partial charge in [-0.3, -0.25) is 4.79 Å². The lowest BCUT2D eigenvalue weighted by atomic mass is 10.1. The Balaban J connectivity index is 2.01. The minimum Gasteiger partial charge on any atom is -0.511 e. The summed E-state index contributed by atoms with van der Waals surface area (Å²) in [6.45, 7) is 3.96. The van der Waals surface area contributed by atoms with Crippen molar-refractivity contribution >= 4 is 16.9 Å². The van der Waals surface area contributed by atoms with E-state index in [2.05, 4.69) is 6.92 Å². The van der Waals surface area contributed by atoms with E-state index in [4.69, 9.17) is 0 Å². The lowest BCUT2D eigenvalue weighted by molar-refractivity contribution is -0.107. The Morgan fingerprint density at radius 1 is 1.06 bits per heavy atom. The lowest BCUT2D eigenvalue weighted by Gasteiger charge is -2.08. The number of thioether (sulfide) groups is 1. The van der Waals surface area contributed by atoms with Crippen LogP contribution in [0.15, 0.2) is 11.3 Å². The number of hydrogen-bond acceptors (Lipinski definition) is 3. The molecule has 1 heterocycles. The second-order valence-electron chi connectivity index (χ2n) is 5.17. The average Bonchev–Trinajstić information content (AvgIpc) is 2.60. The van der Waals surface area contributed by atoms with Gasteiger partial charge >= 0.3 is 0 Å². The number of carbonyl (C=O) groups is 1. The molecule has 1 N–H and O–H groups in total. The summed E-state index contributed by atoms with van der Waals surface area (Å²) in [5.74, 6) is 0.327. The molecule has 18 heavy (non-hydrogen) atoms. The molecule has 1 aliphatic rings. The third kappa shape index (κ3) is 5.05. The summed E-state index contributed by atoms with van der Waals surface area (Å²) in [7, 11) is 0. The normalized spacial score (nSPS) is 19.9. The van der Waals surface area contributed by atoms with Gasteiger partial charge in [0, 0.05) is 5.57 Å². The molecule has 0 fully saturated rings. The van der Waals surface area contributed by atoms with Crippen molar-refractivity contribution in [3.63, 3.8) is 0 Å². The lowest BCUT2D eigenvalue weighted by Crippen LogP contribution is -2.02. The average molecular weight is 270 g/mol. The van der Waals surface area contributed by atoms with Crippen LogP contribution >= 0.6 is 11.8 Å². The van der Waals surface area contributed by atoms with E-state index in [9.17, 15) is 9.90 Å². The zero-order chi connectivity index (χ0) is 13.4. The smallest absolute Gasteiger partial charge is 0.219 e. The Bertz CT molecular complexity index is 297. The number of carbonyl (C=O) groups excluding carboxylic acids is 1. The van der Waals surface area contributed by atoms with Crippen LogP contribution in [0.25, 0.3) is 0 Å². The SMILES string of the molecule is CCCCCCCCCCC1SC(=O)C(C)=C1O. The molecule has 2 nitrogen and oxygen atoms in total. The van der Waals surface area contributed by atoms with Gasteiger partial charge in [-0.25, -0.2) is 0 Å². The van der Waals surface area contributed by atoms with Crippen molar-refractivity contribution in [3.05, 3.63) is 11.3 Å². The summed E-state index contributed by atoms with van der Waals surface area (Å²) >= 11 is 1.29. The molecule has 1 aliphatic heterocycles. The zero-order valence-corrected chi connectivity index (χ0v) is 12.5. The first-order chi connectivity index (χ1) is 8.66. The summed E-state index contributed by atoms with van der Waals surface area (Å²) in [6.07, 6.45) is 11.3. The molecule has 0 aromatic heterocycles. The second-order valence-corrected chi connectivity index (χ2v) is 6.34. The molecule has 0 saturated carbocycles. The molecule has 0 saturated heterocycles.